The second-order valence-corrected chi connectivity index (χ2v) is 5.93. The summed E-state index contributed by atoms with van der Waals surface area (Å²) in [7, 11) is -3.87. The molecule has 0 radical (unpaired) electrons. The Bertz CT molecular complexity index is 543. The Morgan fingerprint density at radius 2 is 2.06 bits per heavy atom. The van der Waals surface area contributed by atoms with E-state index >= 15 is 0 Å². The van der Waals surface area contributed by atoms with Gasteiger partial charge in [0.1, 0.15) is 5.82 Å². The van der Waals surface area contributed by atoms with Crippen LogP contribution in [0.4, 0.5) is 10.1 Å². The summed E-state index contributed by atoms with van der Waals surface area (Å²) in [6, 6.07) is 4.03. The molecule has 0 bridgehead atoms. The van der Waals surface area contributed by atoms with E-state index in [9.17, 15) is 12.8 Å². The van der Waals surface area contributed by atoms with Gasteiger partial charge < -0.3 is 10.6 Å². The van der Waals surface area contributed by atoms with E-state index in [-0.39, 0.29) is 4.90 Å². The van der Waals surface area contributed by atoms with Gasteiger partial charge in [-0.1, -0.05) is 0 Å². The van der Waals surface area contributed by atoms with Crippen LogP contribution >= 0.6 is 0 Å². The van der Waals surface area contributed by atoms with E-state index in [4.69, 9.17) is 10.9 Å². The summed E-state index contributed by atoms with van der Waals surface area (Å²) in [5.41, 5.74) is 5.89. The smallest absolute Gasteiger partial charge is 0.238 e. The van der Waals surface area contributed by atoms with Gasteiger partial charge in [0.05, 0.1) is 10.6 Å². The maximum Gasteiger partial charge on any atom is 0.238 e. The third kappa shape index (κ3) is 2.80. The van der Waals surface area contributed by atoms with Crippen molar-refractivity contribution in [3.8, 4) is 0 Å². The second kappa shape index (κ2) is 4.83. The number of nitrogens with two attached hydrogens (primary N) is 2. The van der Waals surface area contributed by atoms with E-state index in [0.29, 0.717) is 24.8 Å². The first-order chi connectivity index (χ1) is 8.43. The minimum atomic E-state index is -3.87. The minimum Gasteiger partial charge on any atom is -0.365 e. The van der Waals surface area contributed by atoms with E-state index in [2.05, 4.69) is 0 Å². The van der Waals surface area contributed by atoms with Crippen LogP contribution in [0.25, 0.3) is 0 Å². The molecular weight excluding hydrogens is 257 g/mol. The van der Waals surface area contributed by atoms with Gasteiger partial charge in [-0.3, -0.25) is 0 Å². The first-order valence-corrected chi connectivity index (χ1v) is 7.27. The molecule has 0 saturated heterocycles. The lowest BCUT2D eigenvalue weighted by Crippen LogP contribution is -2.32. The summed E-state index contributed by atoms with van der Waals surface area (Å²) < 4.78 is 36.2. The Balaban J connectivity index is 2.33. The Morgan fingerprint density at radius 3 is 2.50 bits per heavy atom. The summed E-state index contributed by atoms with van der Waals surface area (Å²) in [5, 5.41) is 4.95. The molecule has 0 aromatic heterocycles. The normalized spacial score (nSPS) is 15.7. The standard InChI is InChI=1S/C11H16FN3O2S/c12-10-7-9(18(14,16)17)3-4-11(10)15(6-5-13)8-1-2-8/h3-4,7-8H,1-2,5-6,13H2,(H2,14,16,17). The van der Waals surface area contributed by atoms with Gasteiger partial charge in [0, 0.05) is 19.1 Å². The van der Waals surface area contributed by atoms with Crippen molar-refractivity contribution in [2.75, 3.05) is 18.0 Å². The first-order valence-electron chi connectivity index (χ1n) is 5.72. The monoisotopic (exact) mass is 273 g/mol. The number of sulfonamides is 1. The van der Waals surface area contributed by atoms with Crippen molar-refractivity contribution in [1.82, 2.24) is 0 Å². The van der Waals surface area contributed by atoms with Crippen LogP contribution in [0.1, 0.15) is 12.8 Å². The quantitative estimate of drug-likeness (QED) is 0.812. The van der Waals surface area contributed by atoms with Gasteiger partial charge in [0.15, 0.2) is 0 Å². The van der Waals surface area contributed by atoms with Crippen LogP contribution in [0.2, 0.25) is 0 Å². The Hall–Kier alpha value is -1.18. The highest BCUT2D eigenvalue weighted by molar-refractivity contribution is 7.89. The van der Waals surface area contributed by atoms with Crippen molar-refractivity contribution in [3.63, 3.8) is 0 Å². The van der Waals surface area contributed by atoms with Crippen molar-refractivity contribution >= 4 is 15.7 Å². The fourth-order valence-corrected chi connectivity index (χ4v) is 2.45. The van der Waals surface area contributed by atoms with Gasteiger partial charge in [0.25, 0.3) is 0 Å². The van der Waals surface area contributed by atoms with Gasteiger partial charge >= 0.3 is 0 Å². The second-order valence-electron chi connectivity index (χ2n) is 4.37. The largest absolute Gasteiger partial charge is 0.365 e. The van der Waals surface area contributed by atoms with Crippen molar-refractivity contribution < 1.29 is 12.8 Å². The molecule has 5 nitrogen and oxygen atoms in total. The highest BCUT2D eigenvalue weighted by Gasteiger charge is 2.30. The number of halogens is 1. The zero-order valence-corrected chi connectivity index (χ0v) is 10.7. The zero-order valence-electron chi connectivity index (χ0n) is 9.84. The molecule has 0 heterocycles. The van der Waals surface area contributed by atoms with Crippen LogP contribution < -0.4 is 15.8 Å². The molecule has 4 N–H and O–H groups in total. The molecule has 1 aromatic carbocycles. The molecule has 1 saturated carbocycles. The number of hydrogen-bond donors (Lipinski definition) is 2. The number of primary sulfonamides is 1. The molecule has 0 unspecified atom stereocenters. The first kappa shape index (κ1) is 13.3. The maximum absolute atomic E-state index is 13.9. The number of rotatable bonds is 5. The predicted molar refractivity (Wildman–Crippen MR) is 67.2 cm³/mol. The average molecular weight is 273 g/mol. The predicted octanol–water partition coefficient (Wildman–Crippen LogP) is 0.401. The third-order valence-corrected chi connectivity index (χ3v) is 3.83. The number of nitrogens with zero attached hydrogens (tertiary/aromatic N) is 1. The van der Waals surface area contributed by atoms with Crippen molar-refractivity contribution in [3.05, 3.63) is 24.0 Å². The summed E-state index contributed by atoms with van der Waals surface area (Å²) in [5.74, 6) is -0.582. The molecule has 2 rings (SSSR count). The van der Waals surface area contributed by atoms with Crippen LogP contribution in [-0.2, 0) is 10.0 Å². The molecule has 1 aliphatic carbocycles. The molecule has 18 heavy (non-hydrogen) atoms. The fourth-order valence-electron chi connectivity index (χ4n) is 1.92. The van der Waals surface area contributed by atoms with Crippen molar-refractivity contribution in [1.29, 1.82) is 0 Å². The van der Waals surface area contributed by atoms with E-state index in [1.54, 1.807) is 0 Å². The molecule has 1 fully saturated rings. The number of hydrogen-bond acceptors (Lipinski definition) is 4. The summed E-state index contributed by atoms with van der Waals surface area (Å²) in [4.78, 5) is 1.66. The highest BCUT2D eigenvalue weighted by atomic mass is 32.2. The van der Waals surface area contributed by atoms with Crippen LogP contribution in [0, 0.1) is 5.82 Å². The fraction of sp³-hybridized carbons (Fsp3) is 0.455. The Morgan fingerprint density at radius 1 is 1.39 bits per heavy atom. The third-order valence-electron chi connectivity index (χ3n) is 2.91. The van der Waals surface area contributed by atoms with Crippen LogP contribution in [0.15, 0.2) is 23.1 Å². The molecule has 1 aromatic rings. The van der Waals surface area contributed by atoms with Crippen LogP contribution in [-0.4, -0.2) is 27.5 Å². The molecule has 1 aliphatic rings. The number of anilines is 1. The van der Waals surface area contributed by atoms with Crippen molar-refractivity contribution in [2.24, 2.45) is 10.9 Å². The maximum atomic E-state index is 13.9. The van der Waals surface area contributed by atoms with Gasteiger partial charge in [-0.2, -0.15) is 0 Å². The average Bonchev–Trinajstić information content (AvgIpc) is 3.09. The highest BCUT2D eigenvalue weighted by Crippen LogP contribution is 2.33. The van der Waals surface area contributed by atoms with Gasteiger partial charge in [-0.15, -0.1) is 0 Å². The SMILES string of the molecule is NCCN(c1ccc(S(N)(=O)=O)cc1F)C1CC1. The lowest BCUT2D eigenvalue weighted by Gasteiger charge is -2.24. The molecular formula is C11H16FN3O2S. The minimum absolute atomic E-state index is 0.216. The molecule has 0 atom stereocenters. The zero-order chi connectivity index (χ0) is 13.3. The van der Waals surface area contributed by atoms with Crippen LogP contribution in [0.5, 0.6) is 0 Å². The summed E-state index contributed by atoms with van der Waals surface area (Å²) in [6.07, 6.45) is 2.02. The van der Waals surface area contributed by atoms with E-state index in [1.807, 2.05) is 4.90 Å². The summed E-state index contributed by atoms with van der Waals surface area (Å²) >= 11 is 0. The molecule has 0 spiro atoms. The van der Waals surface area contributed by atoms with E-state index < -0.39 is 15.8 Å². The summed E-state index contributed by atoms with van der Waals surface area (Å²) in [6.45, 7) is 0.975. The molecule has 0 aliphatic heterocycles. The van der Waals surface area contributed by atoms with E-state index in [0.717, 1.165) is 18.9 Å². The molecule has 0 amide bonds. The Labute approximate surface area is 106 Å². The van der Waals surface area contributed by atoms with Gasteiger partial charge in [-0.05, 0) is 31.0 Å². The van der Waals surface area contributed by atoms with Gasteiger partial charge in [0.2, 0.25) is 10.0 Å². The topological polar surface area (TPSA) is 89.4 Å². The van der Waals surface area contributed by atoms with Crippen molar-refractivity contribution in [2.45, 2.75) is 23.8 Å². The Kier molecular flexibility index (Phi) is 3.56. The molecule has 7 heteroatoms. The number of benzene rings is 1. The lowest BCUT2D eigenvalue weighted by molar-refractivity contribution is 0.590. The van der Waals surface area contributed by atoms with Crippen LogP contribution in [0.3, 0.4) is 0 Å². The van der Waals surface area contributed by atoms with E-state index in [1.165, 1.54) is 12.1 Å². The lowest BCUT2D eigenvalue weighted by atomic mass is 10.2. The molecule has 100 valence electrons. The van der Waals surface area contributed by atoms with Gasteiger partial charge in [-0.25, -0.2) is 17.9 Å².